The number of aldehydes is 1. The van der Waals surface area contributed by atoms with Crippen molar-refractivity contribution in [3.8, 4) is 0 Å². The molecule has 1 aromatic rings. The third-order valence-electron chi connectivity index (χ3n) is 2.43. The first-order chi connectivity index (χ1) is 5.33. The molecule has 56 valence electrons. The molecule has 1 unspecified atom stereocenters. The molecule has 0 aliphatic heterocycles. The van der Waals surface area contributed by atoms with Crippen LogP contribution >= 0.6 is 0 Å². The van der Waals surface area contributed by atoms with Gasteiger partial charge < -0.3 is 4.79 Å². The van der Waals surface area contributed by atoms with Crippen LogP contribution in [0.3, 0.4) is 0 Å². The highest BCUT2D eigenvalue weighted by Crippen LogP contribution is 2.35. The van der Waals surface area contributed by atoms with E-state index in [-0.39, 0.29) is 5.92 Å². The lowest BCUT2D eigenvalue weighted by Gasteiger charge is -2.27. The summed E-state index contributed by atoms with van der Waals surface area (Å²) in [5.41, 5.74) is 3.94. The van der Waals surface area contributed by atoms with Gasteiger partial charge in [-0.3, -0.25) is 0 Å². The second kappa shape index (κ2) is 2.19. The highest BCUT2D eigenvalue weighted by Gasteiger charge is 2.25. The smallest absolute Gasteiger partial charge is 0.127 e. The second-order valence-electron chi connectivity index (χ2n) is 3.09. The Labute approximate surface area is 66.0 Å². The number of hydrogen-bond donors (Lipinski definition) is 0. The molecule has 0 aromatic heterocycles. The molecule has 0 bridgehead atoms. The van der Waals surface area contributed by atoms with E-state index in [1.54, 1.807) is 0 Å². The lowest BCUT2D eigenvalue weighted by molar-refractivity contribution is -0.109. The quantitative estimate of drug-likeness (QED) is 0.552. The molecule has 1 aromatic carbocycles. The maximum Gasteiger partial charge on any atom is 0.127 e. The minimum atomic E-state index is 0.185. The van der Waals surface area contributed by atoms with Gasteiger partial charge in [0.25, 0.3) is 0 Å². The van der Waals surface area contributed by atoms with Crippen molar-refractivity contribution in [2.45, 2.75) is 19.3 Å². The van der Waals surface area contributed by atoms with Gasteiger partial charge >= 0.3 is 0 Å². The zero-order chi connectivity index (χ0) is 7.84. The summed E-state index contributed by atoms with van der Waals surface area (Å²) in [7, 11) is 0. The van der Waals surface area contributed by atoms with E-state index in [0.717, 1.165) is 12.7 Å². The molecule has 1 nitrogen and oxygen atoms in total. The Morgan fingerprint density at radius 1 is 1.55 bits per heavy atom. The number of hydrogen-bond acceptors (Lipinski definition) is 1. The fourth-order valence-electron chi connectivity index (χ4n) is 1.67. The van der Waals surface area contributed by atoms with Crippen LogP contribution in [0.5, 0.6) is 0 Å². The van der Waals surface area contributed by atoms with E-state index in [9.17, 15) is 4.79 Å². The molecule has 0 amide bonds. The first-order valence-corrected chi connectivity index (χ1v) is 3.86. The predicted octanol–water partition coefficient (Wildman–Crippen LogP) is 1.83. The molecule has 1 heteroatoms. The third-order valence-corrected chi connectivity index (χ3v) is 2.43. The molecule has 0 N–H and O–H groups in total. The number of rotatable bonds is 1. The lowest BCUT2D eigenvalue weighted by atomic mass is 9.76. The monoisotopic (exact) mass is 146 g/mol. The van der Waals surface area contributed by atoms with Gasteiger partial charge in [0, 0.05) is 5.92 Å². The van der Waals surface area contributed by atoms with Gasteiger partial charge in [-0.2, -0.15) is 0 Å². The molecule has 0 fully saturated rings. The number of fused-ring (bicyclic) bond motifs is 1. The predicted molar refractivity (Wildman–Crippen MR) is 43.7 cm³/mol. The van der Waals surface area contributed by atoms with E-state index in [2.05, 4.69) is 13.0 Å². The Bertz CT molecular complexity index is 302. The van der Waals surface area contributed by atoms with Crippen LogP contribution in [0.1, 0.15) is 22.6 Å². The van der Waals surface area contributed by atoms with Gasteiger partial charge in [-0.1, -0.05) is 18.2 Å². The van der Waals surface area contributed by atoms with E-state index in [4.69, 9.17) is 0 Å². The SMILES string of the molecule is Cc1cccc2c1CC2C=O. The van der Waals surface area contributed by atoms with Crippen LogP contribution < -0.4 is 0 Å². The maximum atomic E-state index is 10.5. The fourth-order valence-corrected chi connectivity index (χ4v) is 1.67. The molecule has 0 saturated carbocycles. The highest BCUT2D eigenvalue weighted by atomic mass is 16.1. The molecule has 1 aliphatic rings. The average Bonchev–Trinajstić information content (AvgIpc) is 1.95. The Hall–Kier alpha value is -1.11. The Morgan fingerprint density at radius 3 is 3.09 bits per heavy atom. The summed E-state index contributed by atoms with van der Waals surface area (Å²) in [5.74, 6) is 0.185. The number of aryl methyl sites for hydroxylation is 1. The molecule has 0 radical (unpaired) electrons. The second-order valence-corrected chi connectivity index (χ2v) is 3.09. The van der Waals surface area contributed by atoms with Gasteiger partial charge in [-0.15, -0.1) is 0 Å². The standard InChI is InChI=1S/C10H10O/c1-7-3-2-4-9-8(6-11)5-10(7)9/h2-4,6,8H,5H2,1H3. The van der Waals surface area contributed by atoms with Gasteiger partial charge in [0.15, 0.2) is 0 Å². The van der Waals surface area contributed by atoms with Crippen LogP contribution in [0.15, 0.2) is 18.2 Å². The third kappa shape index (κ3) is 0.805. The molecular weight excluding hydrogens is 136 g/mol. The summed E-state index contributed by atoms with van der Waals surface area (Å²) in [6, 6.07) is 6.16. The van der Waals surface area contributed by atoms with E-state index in [1.807, 2.05) is 12.1 Å². The van der Waals surface area contributed by atoms with Crippen LogP contribution in [0.4, 0.5) is 0 Å². The van der Waals surface area contributed by atoms with Crippen LogP contribution in [0.2, 0.25) is 0 Å². The molecule has 0 spiro atoms. The van der Waals surface area contributed by atoms with Crippen molar-refractivity contribution in [1.82, 2.24) is 0 Å². The number of benzene rings is 1. The zero-order valence-electron chi connectivity index (χ0n) is 6.50. The van der Waals surface area contributed by atoms with Crippen molar-refractivity contribution in [3.05, 3.63) is 34.9 Å². The van der Waals surface area contributed by atoms with Gasteiger partial charge in [0.2, 0.25) is 0 Å². The summed E-state index contributed by atoms with van der Waals surface area (Å²) >= 11 is 0. The molecule has 2 rings (SSSR count). The van der Waals surface area contributed by atoms with Crippen molar-refractivity contribution >= 4 is 6.29 Å². The molecule has 1 aliphatic carbocycles. The fraction of sp³-hybridized carbons (Fsp3) is 0.300. The van der Waals surface area contributed by atoms with Gasteiger partial charge in [-0.25, -0.2) is 0 Å². The number of carbonyl (C=O) groups is 1. The maximum absolute atomic E-state index is 10.5. The van der Waals surface area contributed by atoms with Crippen molar-refractivity contribution in [3.63, 3.8) is 0 Å². The van der Waals surface area contributed by atoms with E-state index < -0.39 is 0 Å². The molecular formula is C10H10O. The highest BCUT2D eigenvalue weighted by molar-refractivity contribution is 5.69. The number of carbonyl (C=O) groups excluding carboxylic acids is 1. The summed E-state index contributed by atoms with van der Waals surface area (Å²) < 4.78 is 0. The van der Waals surface area contributed by atoms with Crippen molar-refractivity contribution < 1.29 is 4.79 Å². The summed E-state index contributed by atoms with van der Waals surface area (Å²) in [4.78, 5) is 10.5. The van der Waals surface area contributed by atoms with E-state index in [0.29, 0.717) is 0 Å². The normalized spacial score (nSPS) is 20.3. The molecule has 1 atom stereocenters. The van der Waals surface area contributed by atoms with Crippen molar-refractivity contribution in [2.75, 3.05) is 0 Å². The summed E-state index contributed by atoms with van der Waals surface area (Å²) in [5, 5.41) is 0. The van der Waals surface area contributed by atoms with Gasteiger partial charge in [0.05, 0.1) is 0 Å². The Kier molecular flexibility index (Phi) is 1.31. The Balaban J connectivity index is 2.48. The minimum absolute atomic E-state index is 0.185. The first kappa shape index (κ1) is 6.59. The summed E-state index contributed by atoms with van der Waals surface area (Å²) in [6.07, 6.45) is 1.99. The van der Waals surface area contributed by atoms with Gasteiger partial charge in [-0.05, 0) is 30.0 Å². The molecule has 0 saturated heterocycles. The first-order valence-electron chi connectivity index (χ1n) is 3.86. The summed E-state index contributed by atoms with van der Waals surface area (Å²) in [6.45, 7) is 2.10. The van der Waals surface area contributed by atoms with Crippen molar-refractivity contribution in [1.29, 1.82) is 0 Å². The topological polar surface area (TPSA) is 17.1 Å². The average molecular weight is 146 g/mol. The van der Waals surface area contributed by atoms with Crippen LogP contribution in [0.25, 0.3) is 0 Å². The van der Waals surface area contributed by atoms with Crippen LogP contribution in [-0.4, -0.2) is 6.29 Å². The van der Waals surface area contributed by atoms with E-state index in [1.165, 1.54) is 16.7 Å². The lowest BCUT2D eigenvalue weighted by Crippen LogP contribution is -2.19. The van der Waals surface area contributed by atoms with Gasteiger partial charge in [0.1, 0.15) is 6.29 Å². The Morgan fingerprint density at radius 2 is 2.36 bits per heavy atom. The molecule has 11 heavy (non-hydrogen) atoms. The van der Waals surface area contributed by atoms with Crippen LogP contribution in [0, 0.1) is 6.92 Å². The molecule has 0 heterocycles. The minimum Gasteiger partial charge on any atom is -0.303 e. The largest absolute Gasteiger partial charge is 0.303 e. The van der Waals surface area contributed by atoms with E-state index >= 15 is 0 Å². The van der Waals surface area contributed by atoms with Crippen molar-refractivity contribution in [2.24, 2.45) is 0 Å². The zero-order valence-corrected chi connectivity index (χ0v) is 6.50. The van der Waals surface area contributed by atoms with Crippen LogP contribution in [-0.2, 0) is 11.2 Å².